The molecule has 2 unspecified atom stereocenters. The first-order chi connectivity index (χ1) is 8.40. The van der Waals surface area contributed by atoms with Crippen molar-refractivity contribution >= 4 is 0 Å². The molecule has 18 heavy (non-hydrogen) atoms. The molecule has 1 rings (SSSR count). The molecule has 0 aromatic carbocycles. The average molecular weight is 255 g/mol. The Morgan fingerprint density at radius 3 is 2.56 bits per heavy atom. The number of nitrogens with two attached hydrogens (primary N) is 1. The second-order valence-corrected chi connectivity index (χ2v) is 5.72. The summed E-state index contributed by atoms with van der Waals surface area (Å²) >= 11 is 0. The van der Waals surface area contributed by atoms with Crippen LogP contribution in [0.25, 0.3) is 0 Å². The van der Waals surface area contributed by atoms with Crippen LogP contribution in [0.2, 0.25) is 0 Å². The molecule has 0 bridgehead atoms. The van der Waals surface area contributed by atoms with E-state index < -0.39 is 0 Å². The molecule has 0 spiro atoms. The van der Waals surface area contributed by atoms with E-state index in [0.717, 1.165) is 19.3 Å². The topological polar surface area (TPSA) is 74.2 Å². The quantitative estimate of drug-likeness (QED) is 0.845. The summed E-state index contributed by atoms with van der Waals surface area (Å²) in [6, 6.07) is -0.177. The Morgan fingerprint density at radius 1 is 1.39 bits per heavy atom. The van der Waals surface area contributed by atoms with E-state index in [2.05, 4.69) is 37.8 Å². The summed E-state index contributed by atoms with van der Waals surface area (Å²) in [6.07, 6.45) is 2.85. The van der Waals surface area contributed by atoms with Gasteiger partial charge in [-0.15, -0.1) is 0 Å². The lowest BCUT2D eigenvalue weighted by Crippen LogP contribution is -2.21. The lowest BCUT2D eigenvalue weighted by atomic mass is 9.88. The monoisotopic (exact) mass is 255 g/mol. The molecule has 1 heterocycles. The second kappa shape index (κ2) is 6.29. The number of aromatic nitrogens is 2. The number of hydrogen-bond donors (Lipinski definition) is 1. The molecule has 5 heteroatoms. The number of methoxy groups -OCH3 is 1. The third kappa shape index (κ3) is 3.78. The van der Waals surface area contributed by atoms with Crippen molar-refractivity contribution in [3.8, 4) is 0 Å². The third-order valence-electron chi connectivity index (χ3n) is 2.90. The van der Waals surface area contributed by atoms with Crippen molar-refractivity contribution in [2.75, 3.05) is 7.11 Å². The van der Waals surface area contributed by atoms with Crippen LogP contribution < -0.4 is 5.73 Å². The molecule has 0 saturated carbocycles. The van der Waals surface area contributed by atoms with Gasteiger partial charge < -0.3 is 15.0 Å². The molecule has 0 radical (unpaired) electrons. The Labute approximate surface area is 109 Å². The summed E-state index contributed by atoms with van der Waals surface area (Å²) in [5, 5.41) is 3.99. The predicted octanol–water partition coefficient (Wildman–Crippen LogP) is 2.99. The van der Waals surface area contributed by atoms with Crippen molar-refractivity contribution in [1.82, 2.24) is 10.1 Å². The second-order valence-electron chi connectivity index (χ2n) is 5.72. The molecule has 2 N–H and O–H groups in total. The van der Waals surface area contributed by atoms with Gasteiger partial charge in [0.25, 0.3) is 0 Å². The molecule has 0 fully saturated rings. The number of ether oxygens (including phenoxy) is 1. The molecule has 0 amide bonds. The van der Waals surface area contributed by atoms with Gasteiger partial charge in [-0.1, -0.05) is 45.7 Å². The molecule has 1 aromatic heterocycles. The molecule has 2 atom stereocenters. The number of unbranched alkanes of at least 4 members (excludes halogenated alkanes) is 1. The van der Waals surface area contributed by atoms with Crippen molar-refractivity contribution < 1.29 is 9.26 Å². The standard InChI is InChI=1S/C13H25N3O2/c1-6-7-8-9(14)12-15-11(16-18-12)10(17-5)13(2,3)4/h9-10H,6-8,14H2,1-5H3. The molecule has 0 aliphatic heterocycles. The zero-order valence-electron chi connectivity index (χ0n) is 12.1. The van der Waals surface area contributed by atoms with E-state index in [0.29, 0.717) is 11.7 Å². The van der Waals surface area contributed by atoms with E-state index in [9.17, 15) is 0 Å². The summed E-state index contributed by atoms with van der Waals surface area (Å²) in [5.74, 6) is 1.08. The molecular formula is C13H25N3O2. The Morgan fingerprint density at radius 2 is 2.06 bits per heavy atom. The predicted molar refractivity (Wildman–Crippen MR) is 70.0 cm³/mol. The van der Waals surface area contributed by atoms with Crippen molar-refractivity contribution in [3.05, 3.63) is 11.7 Å². The summed E-state index contributed by atoms with van der Waals surface area (Å²) in [4.78, 5) is 4.37. The zero-order chi connectivity index (χ0) is 13.8. The summed E-state index contributed by atoms with van der Waals surface area (Å²) < 4.78 is 10.7. The van der Waals surface area contributed by atoms with Gasteiger partial charge in [0.2, 0.25) is 11.7 Å². The number of hydrogen-bond acceptors (Lipinski definition) is 5. The van der Waals surface area contributed by atoms with Crippen LogP contribution in [0, 0.1) is 5.41 Å². The highest BCUT2D eigenvalue weighted by atomic mass is 16.5. The maximum atomic E-state index is 6.01. The normalized spacial score (nSPS) is 15.7. The van der Waals surface area contributed by atoms with Crippen LogP contribution in [0.4, 0.5) is 0 Å². The van der Waals surface area contributed by atoms with E-state index in [1.165, 1.54) is 0 Å². The maximum absolute atomic E-state index is 6.01. The van der Waals surface area contributed by atoms with E-state index in [4.69, 9.17) is 15.0 Å². The zero-order valence-corrected chi connectivity index (χ0v) is 12.1. The van der Waals surface area contributed by atoms with Crippen LogP contribution in [0.15, 0.2) is 4.52 Å². The van der Waals surface area contributed by atoms with E-state index >= 15 is 0 Å². The number of rotatable bonds is 6. The van der Waals surface area contributed by atoms with Gasteiger partial charge in [0, 0.05) is 7.11 Å². The smallest absolute Gasteiger partial charge is 0.243 e. The Balaban J connectivity index is 2.78. The maximum Gasteiger partial charge on any atom is 0.243 e. The van der Waals surface area contributed by atoms with Crippen molar-refractivity contribution in [2.45, 2.75) is 59.1 Å². The Kier molecular flexibility index (Phi) is 5.28. The van der Waals surface area contributed by atoms with Gasteiger partial charge in [-0.25, -0.2) is 0 Å². The molecule has 0 aliphatic rings. The summed E-state index contributed by atoms with van der Waals surface area (Å²) in [7, 11) is 1.66. The van der Waals surface area contributed by atoms with Gasteiger partial charge in [0.05, 0.1) is 6.04 Å². The fourth-order valence-electron chi connectivity index (χ4n) is 1.90. The van der Waals surface area contributed by atoms with Gasteiger partial charge in [-0.2, -0.15) is 4.98 Å². The van der Waals surface area contributed by atoms with Crippen molar-refractivity contribution in [2.24, 2.45) is 11.1 Å². The van der Waals surface area contributed by atoms with E-state index in [1.54, 1.807) is 7.11 Å². The molecule has 5 nitrogen and oxygen atoms in total. The van der Waals surface area contributed by atoms with Crippen LogP contribution >= 0.6 is 0 Å². The van der Waals surface area contributed by atoms with Gasteiger partial charge in [-0.3, -0.25) is 0 Å². The molecule has 1 aromatic rings. The van der Waals surface area contributed by atoms with Crippen LogP contribution in [0.5, 0.6) is 0 Å². The molecule has 0 aliphatic carbocycles. The first kappa shape index (κ1) is 15.1. The summed E-state index contributed by atoms with van der Waals surface area (Å²) in [5.41, 5.74) is 5.93. The van der Waals surface area contributed by atoms with Crippen LogP contribution in [-0.4, -0.2) is 17.3 Å². The number of nitrogens with zero attached hydrogens (tertiary/aromatic N) is 2. The Hall–Kier alpha value is -0.940. The highest BCUT2D eigenvalue weighted by Gasteiger charge is 2.31. The molecule has 0 saturated heterocycles. The fourth-order valence-corrected chi connectivity index (χ4v) is 1.90. The van der Waals surface area contributed by atoms with Crippen LogP contribution in [0.1, 0.15) is 70.8 Å². The third-order valence-corrected chi connectivity index (χ3v) is 2.90. The first-order valence-corrected chi connectivity index (χ1v) is 6.52. The van der Waals surface area contributed by atoms with Gasteiger partial charge >= 0.3 is 0 Å². The van der Waals surface area contributed by atoms with Gasteiger partial charge in [0.15, 0.2) is 0 Å². The largest absolute Gasteiger partial charge is 0.373 e. The fraction of sp³-hybridized carbons (Fsp3) is 0.846. The molecule has 104 valence electrons. The first-order valence-electron chi connectivity index (χ1n) is 6.52. The van der Waals surface area contributed by atoms with E-state index in [-0.39, 0.29) is 17.6 Å². The van der Waals surface area contributed by atoms with Crippen LogP contribution in [0.3, 0.4) is 0 Å². The minimum Gasteiger partial charge on any atom is -0.373 e. The summed E-state index contributed by atoms with van der Waals surface area (Å²) in [6.45, 7) is 8.36. The SMILES string of the molecule is CCCCC(N)c1nc(C(OC)C(C)(C)C)no1. The minimum atomic E-state index is -0.187. The van der Waals surface area contributed by atoms with Gasteiger partial charge in [-0.05, 0) is 11.8 Å². The molecular weight excluding hydrogens is 230 g/mol. The average Bonchev–Trinajstić information content (AvgIpc) is 2.74. The minimum absolute atomic E-state index is 0.0800. The Bertz CT molecular complexity index is 357. The lowest BCUT2D eigenvalue weighted by Gasteiger charge is -2.26. The highest BCUT2D eigenvalue weighted by molar-refractivity contribution is 4.98. The highest BCUT2D eigenvalue weighted by Crippen LogP contribution is 2.34. The van der Waals surface area contributed by atoms with E-state index in [1.807, 2.05) is 0 Å². The van der Waals surface area contributed by atoms with Crippen molar-refractivity contribution in [3.63, 3.8) is 0 Å². The lowest BCUT2D eigenvalue weighted by molar-refractivity contribution is 0.00718. The van der Waals surface area contributed by atoms with Crippen LogP contribution in [-0.2, 0) is 4.74 Å². The van der Waals surface area contributed by atoms with Gasteiger partial charge in [0.1, 0.15) is 6.10 Å². The van der Waals surface area contributed by atoms with Crippen molar-refractivity contribution in [1.29, 1.82) is 0 Å².